The number of aliphatic hydroxyl groups excluding tert-OH is 2. The first-order chi connectivity index (χ1) is 58.3. The zero-order valence-corrected chi connectivity index (χ0v) is 64.0. The summed E-state index contributed by atoms with van der Waals surface area (Å²) >= 11 is 0. The fourth-order valence-electron chi connectivity index (χ4n) is 12.0. The molecule has 1 aliphatic rings. The lowest BCUT2D eigenvalue weighted by Crippen LogP contribution is -2.26. The molecule has 1 aliphatic heterocycles. The Balaban J connectivity index is 0.000000177. The predicted molar refractivity (Wildman–Crippen MR) is 423 cm³/mol. The van der Waals surface area contributed by atoms with Crippen LogP contribution in [0.15, 0.2) is 220 Å². The second-order valence-corrected chi connectivity index (χ2v) is 26.8. The van der Waals surface area contributed by atoms with Gasteiger partial charge in [0.1, 0.15) is 22.8 Å². The third-order valence-electron chi connectivity index (χ3n) is 17.9. The van der Waals surface area contributed by atoms with Gasteiger partial charge in [0.05, 0.1) is 69.1 Å². The number of phenolic OH excluding ortho intramolecular Hbond substituents is 1. The number of hydrogen-bond donors (Lipinski definition) is 8. The number of nitrogens with two attached hydrogens (primary N) is 1. The number of aromatic nitrogens is 6. The second-order valence-electron chi connectivity index (χ2n) is 26.8. The number of nitrogens with one attached hydrogen (secondary N) is 3. The van der Waals surface area contributed by atoms with Crippen molar-refractivity contribution in [2.45, 2.75) is 71.1 Å². The Morgan fingerprint density at radius 3 is 1.09 bits per heavy atom. The number of carboxylic acid groups (broad SMARTS) is 1. The minimum atomic E-state index is -1.60. The smallest absolute Gasteiger partial charge is 0.341 e. The molecule has 1 amide bonds. The number of rotatable bonds is 26. The highest BCUT2D eigenvalue weighted by Gasteiger charge is 2.22. The summed E-state index contributed by atoms with van der Waals surface area (Å²) in [6.07, 6.45) is 10.6. The molecule has 0 spiro atoms. The SMILES string of the molecule is NCCO.O=C(CCCO)c1cccn(Cc2cc(F)c(F)c(F)c2)c1=O.O=C(CCCOc1ccc2cc[nH]c2c1)c1cccn(Cc2cc(F)c(F)c(F)c2)c1=O.O=C(O)c1cccn(Cc2cc(F)c(F)c(F)c2)c1=O.O=C1Cc2ccc(OCCCC(=O)c3cccn(Cc4cc(F)c(F)c(F)c4)c3=O)cc2N1.Oc1ccc2cc[nH]c2c1. The number of benzene rings is 7. The number of aromatic amines is 2. The van der Waals surface area contributed by atoms with Crippen LogP contribution in [0.4, 0.5) is 58.4 Å². The van der Waals surface area contributed by atoms with Crippen molar-refractivity contribution >= 4 is 56.7 Å². The van der Waals surface area contributed by atoms with Crippen LogP contribution in [0.2, 0.25) is 0 Å². The number of carbonyl (C=O) groups excluding carboxylic acids is 4. The van der Waals surface area contributed by atoms with Crippen LogP contribution in [0.1, 0.15) is 108 Å². The molecule has 6 aromatic heterocycles. The molecule has 9 N–H and O–H groups in total. The highest BCUT2D eigenvalue weighted by molar-refractivity contribution is 5.99. The molecule has 0 radical (unpaired) electrons. The standard InChI is InChI=1S/C24H19F3N2O4.C24H19F3N2O3.C16H14F3NO3.C13H8F3NO3.C8H7NO.C2H7NO/c25-18-9-14(10-19(26)23(18)27)13-29-7-1-3-17(24(29)32)21(30)4-2-8-33-16-6-5-15-11-22(31)28-20(15)12-16;25-19-11-15(12-20(26)23(19)27)14-29-9-1-3-18(24(29)31)22(30)4-2-10-32-17-6-5-16-7-8-28-21(16)13-17;17-12-7-10(8-13(18)15(12)19)9-20-5-1-3-11(16(20)23)14(22)4-2-6-21;14-9-4-7(5-10(15)11(9)16)6-17-3-1-2-8(12(17)18)13(19)20;10-7-2-1-6-3-4-9-8(6)5-7;3-1-2-4/h1,3,5-7,9-10,12H,2,4,8,11,13H2,(H,28,31);1,3,5-9,11-13,28H,2,4,10,14H2;1,3,5,7-8,21H,2,4,6,9H2;1-5H,6H2,(H,19,20);1-5,9-10H;4H,1-3H2. The van der Waals surface area contributed by atoms with Crippen molar-refractivity contribution < 1.29 is 107 Å². The van der Waals surface area contributed by atoms with Crippen molar-refractivity contribution in [2.75, 3.05) is 38.3 Å². The van der Waals surface area contributed by atoms with Gasteiger partial charge in [-0.1, -0.05) is 6.07 Å². The number of H-pyrrole nitrogens is 2. The molecule has 0 fully saturated rings. The first-order valence-electron chi connectivity index (χ1n) is 36.9. The Morgan fingerprint density at radius 1 is 0.402 bits per heavy atom. The number of aromatic carboxylic acids is 1. The number of halogens is 12. The number of ether oxygens (including phenoxy) is 2. The van der Waals surface area contributed by atoms with Crippen LogP contribution in [0.25, 0.3) is 21.8 Å². The summed E-state index contributed by atoms with van der Waals surface area (Å²) in [7, 11) is 0. The normalized spacial score (nSPS) is 11.1. The largest absolute Gasteiger partial charge is 0.508 e. The lowest BCUT2D eigenvalue weighted by atomic mass is 10.1. The van der Waals surface area contributed by atoms with Crippen molar-refractivity contribution in [1.29, 1.82) is 0 Å². The molecule has 35 heteroatoms. The van der Waals surface area contributed by atoms with E-state index in [-0.39, 0.29) is 122 Å². The average Bonchev–Trinajstić information content (AvgIpc) is 1.25. The van der Waals surface area contributed by atoms with Gasteiger partial charge in [-0.15, -0.1) is 0 Å². The Morgan fingerprint density at radius 2 is 0.730 bits per heavy atom. The van der Waals surface area contributed by atoms with Gasteiger partial charge in [-0.3, -0.25) is 38.4 Å². The van der Waals surface area contributed by atoms with E-state index in [1.165, 1.54) is 67.3 Å². The maximum absolute atomic E-state index is 13.4. The lowest BCUT2D eigenvalue weighted by molar-refractivity contribution is -0.115. The summed E-state index contributed by atoms with van der Waals surface area (Å²) in [5, 5.41) is 39.2. The molecule has 122 heavy (non-hydrogen) atoms. The Labute approximate surface area is 683 Å². The zero-order chi connectivity index (χ0) is 88.4. The minimum absolute atomic E-state index is 0.00559. The molecular formula is C87H74F12N8O15. The maximum atomic E-state index is 13.4. The van der Waals surface area contributed by atoms with E-state index < -0.39 is 115 Å². The number of amides is 1. The lowest BCUT2D eigenvalue weighted by Gasteiger charge is -2.10. The molecule has 7 heterocycles. The van der Waals surface area contributed by atoms with Crippen LogP contribution >= 0.6 is 0 Å². The highest BCUT2D eigenvalue weighted by atomic mass is 19.2. The van der Waals surface area contributed by atoms with Gasteiger partial charge >= 0.3 is 5.97 Å². The topological polar surface area (TPSA) is 342 Å². The summed E-state index contributed by atoms with van der Waals surface area (Å²) in [5.74, 6) is -18.2. The molecule has 0 saturated heterocycles. The first-order valence-corrected chi connectivity index (χ1v) is 36.9. The van der Waals surface area contributed by atoms with E-state index in [9.17, 15) is 95.8 Å². The quantitative estimate of drug-likeness (QED) is 0.0108. The fourth-order valence-corrected chi connectivity index (χ4v) is 12.0. The number of nitrogens with zero attached hydrogens (tertiary/aromatic N) is 4. The van der Waals surface area contributed by atoms with Gasteiger partial charge in [0, 0.05) is 105 Å². The second kappa shape index (κ2) is 43.5. The van der Waals surface area contributed by atoms with E-state index in [0.717, 1.165) is 100 Å². The number of fused-ring (bicyclic) bond motifs is 3. The summed E-state index contributed by atoms with van der Waals surface area (Å²) in [6.45, 7) is -0.0474. The molecule has 0 aliphatic carbocycles. The molecule has 14 rings (SSSR count). The zero-order valence-electron chi connectivity index (χ0n) is 64.0. The monoisotopic (exact) mass is 1700 g/mol. The number of carboxylic acids is 1. The Hall–Kier alpha value is -14.2. The Kier molecular flexibility index (Phi) is 32.7. The summed E-state index contributed by atoms with van der Waals surface area (Å²) in [6, 6.07) is 37.5. The molecule has 23 nitrogen and oxygen atoms in total. The number of pyridine rings is 4. The molecule has 0 atom stereocenters. The summed E-state index contributed by atoms with van der Waals surface area (Å²) in [4.78, 5) is 115. The van der Waals surface area contributed by atoms with Crippen molar-refractivity contribution in [3.05, 3.63) is 362 Å². The predicted octanol–water partition coefficient (Wildman–Crippen LogP) is 13.8. The van der Waals surface area contributed by atoms with Crippen molar-refractivity contribution in [3.63, 3.8) is 0 Å². The van der Waals surface area contributed by atoms with Crippen molar-refractivity contribution in [2.24, 2.45) is 5.73 Å². The van der Waals surface area contributed by atoms with Gasteiger partial charge in [0.15, 0.2) is 87.2 Å². The average molecular weight is 1700 g/mol. The summed E-state index contributed by atoms with van der Waals surface area (Å²) < 4.78 is 174. The molecule has 13 aromatic rings. The number of aliphatic hydroxyl groups is 2. The first kappa shape index (κ1) is 91.7. The van der Waals surface area contributed by atoms with E-state index >= 15 is 0 Å². The number of anilines is 1. The maximum Gasteiger partial charge on any atom is 0.341 e. The van der Waals surface area contributed by atoms with E-state index in [0.29, 0.717) is 55.4 Å². The number of carbonyl (C=O) groups is 5. The van der Waals surface area contributed by atoms with Crippen LogP contribution in [0, 0.1) is 69.8 Å². The Bertz CT molecular complexity index is 6130. The minimum Gasteiger partial charge on any atom is -0.508 e. The van der Waals surface area contributed by atoms with Crippen LogP contribution in [0.3, 0.4) is 0 Å². The molecule has 0 unspecified atom stereocenters. The molecule has 0 bridgehead atoms. The van der Waals surface area contributed by atoms with Gasteiger partial charge in [0.2, 0.25) is 5.91 Å². The molecule has 7 aromatic carbocycles. The van der Waals surface area contributed by atoms with Crippen LogP contribution < -0.4 is 42.8 Å². The van der Waals surface area contributed by atoms with Crippen LogP contribution in [0.5, 0.6) is 17.2 Å². The third kappa shape index (κ3) is 25.0. The summed E-state index contributed by atoms with van der Waals surface area (Å²) in [5.41, 5.74) is 5.27. The van der Waals surface area contributed by atoms with E-state index in [2.05, 4.69) is 15.3 Å². The molecular weight excluding hydrogens is 1620 g/mol. The van der Waals surface area contributed by atoms with Crippen LogP contribution in [-0.2, 0) is 37.4 Å². The van der Waals surface area contributed by atoms with E-state index in [1.807, 2.05) is 48.8 Å². The number of hydrogen-bond acceptors (Lipinski definition) is 15. The van der Waals surface area contributed by atoms with Gasteiger partial charge in [-0.2, -0.15) is 0 Å². The van der Waals surface area contributed by atoms with E-state index in [1.54, 1.807) is 30.3 Å². The van der Waals surface area contributed by atoms with Gasteiger partial charge in [0.25, 0.3) is 22.2 Å². The van der Waals surface area contributed by atoms with Gasteiger partial charge in [-0.05, 0) is 197 Å². The molecule has 636 valence electrons. The number of aromatic hydroxyl groups is 1. The van der Waals surface area contributed by atoms with E-state index in [4.69, 9.17) is 35.6 Å². The van der Waals surface area contributed by atoms with Gasteiger partial charge < -0.3 is 69.2 Å². The van der Waals surface area contributed by atoms with Crippen molar-refractivity contribution in [3.8, 4) is 17.2 Å². The fraction of sp³-hybridized carbons (Fsp3) is 0.184. The van der Waals surface area contributed by atoms with Crippen LogP contribution in [-0.4, -0.2) is 111 Å². The third-order valence-corrected chi connectivity index (χ3v) is 17.9. The highest BCUT2D eigenvalue weighted by Crippen LogP contribution is 2.29. The number of Topliss-reactive ketones (excluding diaryl/α,β-unsaturated/α-hetero) is 3. The number of ketones is 3. The van der Waals surface area contributed by atoms with Gasteiger partial charge in [-0.25, -0.2) is 57.5 Å². The van der Waals surface area contributed by atoms with Crippen molar-refractivity contribution in [1.82, 2.24) is 28.2 Å². The number of phenols is 1. The molecule has 0 saturated carbocycles.